The van der Waals surface area contributed by atoms with Crippen molar-refractivity contribution in [3.8, 4) is 0 Å². The SMILES string of the molecule is COCCCC(C)(N)C1CC1. The van der Waals surface area contributed by atoms with Gasteiger partial charge in [-0.3, -0.25) is 0 Å². The first-order valence-corrected chi connectivity index (χ1v) is 4.44. The molecule has 1 saturated carbocycles. The van der Waals surface area contributed by atoms with Crippen LogP contribution in [0.25, 0.3) is 0 Å². The number of rotatable bonds is 5. The highest BCUT2D eigenvalue weighted by atomic mass is 16.5. The normalized spacial score (nSPS) is 23.2. The van der Waals surface area contributed by atoms with E-state index in [0.717, 1.165) is 25.4 Å². The summed E-state index contributed by atoms with van der Waals surface area (Å²) < 4.78 is 4.98. The first-order valence-electron chi connectivity index (χ1n) is 4.44. The van der Waals surface area contributed by atoms with Gasteiger partial charge in [0.25, 0.3) is 0 Å². The Kier molecular flexibility index (Phi) is 2.90. The van der Waals surface area contributed by atoms with Crippen LogP contribution in [0, 0.1) is 5.92 Å². The van der Waals surface area contributed by atoms with Crippen molar-refractivity contribution < 1.29 is 4.74 Å². The van der Waals surface area contributed by atoms with E-state index in [1.54, 1.807) is 7.11 Å². The maximum atomic E-state index is 6.11. The fourth-order valence-corrected chi connectivity index (χ4v) is 1.54. The van der Waals surface area contributed by atoms with E-state index >= 15 is 0 Å². The van der Waals surface area contributed by atoms with Crippen LogP contribution in [0.4, 0.5) is 0 Å². The molecule has 0 aromatic rings. The first kappa shape index (κ1) is 9.01. The highest BCUT2D eigenvalue weighted by molar-refractivity contribution is 4.94. The lowest BCUT2D eigenvalue weighted by Crippen LogP contribution is -2.38. The Labute approximate surface area is 69.1 Å². The van der Waals surface area contributed by atoms with E-state index in [1.165, 1.54) is 12.8 Å². The lowest BCUT2D eigenvalue weighted by molar-refractivity contribution is 0.181. The van der Waals surface area contributed by atoms with Crippen molar-refractivity contribution in [3.63, 3.8) is 0 Å². The smallest absolute Gasteiger partial charge is 0.0462 e. The number of nitrogens with two attached hydrogens (primary N) is 1. The van der Waals surface area contributed by atoms with E-state index in [9.17, 15) is 0 Å². The van der Waals surface area contributed by atoms with Gasteiger partial charge in [-0.05, 0) is 38.5 Å². The molecule has 1 aliphatic rings. The summed E-state index contributed by atoms with van der Waals surface area (Å²) in [6.07, 6.45) is 4.87. The van der Waals surface area contributed by atoms with E-state index in [-0.39, 0.29) is 5.54 Å². The third-order valence-electron chi connectivity index (χ3n) is 2.57. The van der Waals surface area contributed by atoms with Crippen molar-refractivity contribution in [2.45, 2.75) is 38.1 Å². The summed E-state index contributed by atoms with van der Waals surface area (Å²) in [5, 5.41) is 0. The van der Waals surface area contributed by atoms with Gasteiger partial charge in [-0.15, -0.1) is 0 Å². The highest BCUT2D eigenvalue weighted by Gasteiger charge is 2.37. The van der Waals surface area contributed by atoms with E-state index in [4.69, 9.17) is 10.5 Å². The Hall–Kier alpha value is -0.0800. The van der Waals surface area contributed by atoms with Gasteiger partial charge in [-0.1, -0.05) is 0 Å². The molecule has 0 spiro atoms. The van der Waals surface area contributed by atoms with Crippen LogP contribution < -0.4 is 5.73 Å². The lowest BCUT2D eigenvalue weighted by Gasteiger charge is -2.23. The maximum absolute atomic E-state index is 6.11. The van der Waals surface area contributed by atoms with Crippen molar-refractivity contribution in [2.75, 3.05) is 13.7 Å². The second kappa shape index (κ2) is 3.55. The highest BCUT2D eigenvalue weighted by Crippen LogP contribution is 2.40. The van der Waals surface area contributed by atoms with E-state index in [0.29, 0.717) is 0 Å². The van der Waals surface area contributed by atoms with Gasteiger partial charge in [0.15, 0.2) is 0 Å². The van der Waals surface area contributed by atoms with E-state index in [1.807, 2.05) is 0 Å². The Bertz CT molecular complexity index is 119. The van der Waals surface area contributed by atoms with Gasteiger partial charge in [-0.25, -0.2) is 0 Å². The molecule has 1 fully saturated rings. The largest absolute Gasteiger partial charge is 0.385 e. The van der Waals surface area contributed by atoms with Crippen LogP contribution in [0.15, 0.2) is 0 Å². The zero-order valence-electron chi connectivity index (χ0n) is 7.60. The van der Waals surface area contributed by atoms with Crippen LogP contribution in [0.3, 0.4) is 0 Å². The van der Waals surface area contributed by atoms with Gasteiger partial charge < -0.3 is 10.5 Å². The molecule has 1 rings (SSSR count). The summed E-state index contributed by atoms with van der Waals surface area (Å²) in [5.74, 6) is 0.791. The molecule has 0 aromatic heterocycles. The van der Waals surface area contributed by atoms with Gasteiger partial charge in [0.2, 0.25) is 0 Å². The fraction of sp³-hybridized carbons (Fsp3) is 1.00. The van der Waals surface area contributed by atoms with Gasteiger partial charge in [0, 0.05) is 19.3 Å². The molecule has 1 unspecified atom stereocenters. The minimum absolute atomic E-state index is 0.0819. The minimum Gasteiger partial charge on any atom is -0.385 e. The Morgan fingerprint density at radius 3 is 2.64 bits per heavy atom. The summed E-state index contributed by atoms with van der Waals surface area (Å²) in [5.41, 5.74) is 6.19. The summed E-state index contributed by atoms with van der Waals surface area (Å²) in [6.45, 7) is 3.01. The molecule has 2 nitrogen and oxygen atoms in total. The number of hydrogen-bond donors (Lipinski definition) is 1. The third kappa shape index (κ3) is 2.80. The molecule has 0 aromatic carbocycles. The summed E-state index contributed by atoms with van der Waals surface area (Å²) in [6, 6.07) is 0. The molecule has 2 N–H and O–H groups in total. The molecule has 0 amide bonds. The topological polar surface area (TPSA) is 35.2 Å². The Morgan fingerprint density at radius 2 is 2.18 bits per heavy atom. The molecule has 0 saturated heterocycles. The summed E-state index contributed by atoms with van der Waals surface area (Å²) in [4.78, 5) is 0. The predicted octanol–water partition coefficient (Wildman–Crippen LogP) is 1.54. The monoisotopic (exact) mass is 157 g/mol. The number of hydrogen-bond acceptors (Lipinski definition) is 2. The van der Waals surface area contributed by atoms with Crippen LogP contribution in [0.1, 0.15) is 32.6 Å². The molecule has 66 valence electrons. The molecular weight excluding hydrogens is 138 g/mol. The lowest BCUT2D eigenvalue weighted by atomic mass is 9.92. The molecule has 2 heteroatoms. The predicted molar refractivity (Wildman–Crippen MR) is 46.4 cm³/mol. The molecule has 1 aliphatic carbocycles. The van der Waals surface area contributed by atoms with Crippen LogP contribution in [0.2, 0.25) is 0 Å². The van der Waals surface area contributed by atoms with Crippen LogP contribution in [-0.2, 0) is 4.74 Å². The average Bonchev–Trinajstić information content (AvgIpc) is 2.68. The molecule has 0 radical (unpaired) electrons. The van der Waals surface area contributed by atoms with E-state index < -0.39 is 0 Å². The van der Waals surface area contributed by atoms with Crippen LogP contribution in [0.5, 0.6) is 0 Å². The van der Waals surface area contributed by atoms with Gasteiger partial charge >= 0.3 is 0 Å². The number of ether oxygens (including phenoxy) is 1. The number of methoxy groups -OCH3 is 1. The minimum atomic E-state index is 0.0819. The van der Waals surface area contributed by atoms with Gasteiger partial charge in [0.05, 0.1) is 0 Å². The molecular formula is C9H19NO. The second-order valence-corrected chi connectivity index (χ2v) is 3.88. The molecule has 11 heavy (non-hydrogen) atoms. The van der Waals surface area contributed by atoms with E-state index in [2.05, 4.69) is 6.92 Å². The molecule has 0 aliphatic heterocycles. The van der Waals surface area contributed by atoms with Crippen molar-refractivity contribution in [3.05, 3.63) is 0 Å². The van der Waals surface area contributed by atoms with Crippen molar-refractivity contribution in [1.29, 1.82) is 0 Å². The molecule has 1 atom stereocenters. The maximum Gasteiger partial charge on any atom is 0.0462 e. The van der Waals surface area contributed by atoms with Gasteiger partial charge in [0.1, 0.15) is 0 Å². The Morgan fingerprint density at radius 1 is 1.55 bits per heavy atom. The van der Waals surface area contributed by atoms with Crippen LogP contribution in [-0.4, -0.2) is 19.3 Å². The van der Waals surface area contributed by atoms with Gasteiger partial charge in [-0.2, -0.15) is 0 Å². The zero-order chi connectivity index (χ0) is 8.32. The quantitative estimate of drug-likeness (QED) is 0.614. The van der Waals surface area contributed by atoms with Crippen molar-refractivity contribution >= 4 is 0 Å². The second-order valence-electron chi connectivity index (χ2n) is 3.88. The standard InChI is InChI=1S/C9H19NO/c1-9(10,8-4-5-8)6-3-7-11-2/h8H,3-7,10H2,1-2H3. The fourth-order valence-electron chi connectivity index (χ4n) is 1.54. The summed E-state index contributed by atoms with van der Waals surface area (Å²) >= 11 is 0. The Balaban J connectivity index is 2.12. The third-order valence-corrected chi connectivity index (χ3v) is 2.57. The van der Waals surface area contributed by atoms with Crippen LogP contribution >= 0.6 is 0 Å². The first-order chi connectivity index (χ1) is 5.17. The van der Waals surface area contributed by atoms with Crippen molar-refractivity contribution in [2.24, 2.45) is 11.7 Å². The zero-order valence-corrected chi connectivity index (χ0v) is 7.60. The molecule has 0 bridgehead atoms. The van der Waals surface area contributed by atoms with Crippen molar-refractivity contribution in [1.82, 2.24) is 0 Å². The average molecular weight is 157 g/mol. The molecule has 0 heterocycles. The summed E-state index contributed by atoms with van der Waals surface area (Å²) in [7, 11) is 1.74.